The van der Waals surface area contributed by atoms with Crippen molar-refractivity contribution >= 4 is 21.7 Å². The van der Waals surface area contributed by atoms with Crippen LogP contribution in [0.1, 0.15) is 28.4 Å². The maximum absolute atomic E-state index is 12.9. The standard InChI is InChI=1S/C20H19FN2O5S/c1-14(19(24)23-12-15-4-8-18(21)9-5-15)28-20(25)17-6-2-16(3-7-17)13-29(26,27)11-10-22/h2-9,14H,11-13H2,1H3,(H,23,24)/t14-/m1/s1. The quantitative estimate of drug-likeness (QED) is 0.657. The fraction of sp³-hybridized carbons (Fsp3) is 0.250. The van der Waals surface area contributed by atoms with E-state index >= 15 is 0 Å². The van der Waals surface area contributed by atoms with Crippen molar-refractivity contribution in [2.75, 3.05) is 5.75 Å². The fourth-order valence-electron chi connectivity index (χ4n) is 2.36. The molecule has 7 nitrogen and oxygen atoms in total. The van der Waals surface area contributed by atoms with Crippen molar-refractivity contribution in [2.45, 2.75) is 25.3 Å². The number of halogens is 1. The second kappa shape index (κ2) is 9.80. The van der Waals surface area contributed by atoms with Crippen molar-refractivity contribution in [3.63, 3.8) is 0 Å². The highest BCUT2D eigenvalue weighted by molar-refractivity contribution is 7.90. The van der Waals surface area contributed by atoms with Gasteiger partial charge < -0.3 is 10.1 Å². The van der Waals surface area contributed by atoms with Gasteiger partial charge in [-0.2, -0.15) is 5.26 Å². The van der Waals surface area contributed by atoms with Crippen LogP contribution in [-0.4, -0.2) is 32.2 Å². The average Bonchev–Trinajstić information content (AvgIpc) is 2.67. The van der Waals surface area contributed by atoms with Crippen LogP contribution in [0.4, 0.5) is 4.39 Å². The van der Waals surface area contributed by atoms with Crippen LogP contribution in [0.25, 0.3) is 0 Å². The zero-order valence-corrected chi connectivity index (χ0v) is 16.4. The van der Waals surface area contributed by atoms with Crippen molar-refractivity contribution in [1.29, 1.82) is 5.26 Å². The molecule has 0 radical (unpaired) electrons. The van der Waals surface area contributed by atoms with Gasteiger partial charge in [0, 0.05) is 6.54 Å². The summed E-state index contributed by atoms with van der Waals surface area (Å²) in [6.45, 7) is 1.58. The third kappa shape index (κ3) is 7.01. The molecule has 0 saturated carbocycles. The molecule has 2 aromatic carbocycles. The highest BCUT2D eigenvalue weighted by Gasteiger charge is 2.19. The van der Waals surface area contributed by atoms with E-state index in [0.717, 1.165) is 0 Å². The summed E-state index contributed by atoms with van der Waals surface area (Å²) >= 11 is 0. The zero-order valence-electron chi connectivity index (χ0n) is 15.6. The van der Waals surface area contributed by atoms with Gasteiger partial charge in [0.25, 0.3) is 5.91 Å². The molecule has 0 fully saturated rings. The molecule has 2 aromatic rings. The van der Waals surface area contributed by atoms with Gasteiger partial charge in [-0.25, -0.2) is 17.6 Å². The summed E-state index contributed by atoms with van der Waals surface area (Å²) in [6, 6.07) is 12.9. The van der Waals surface area contributed by atoms with E-state index < -0.39 is 33.6 Å². The topological polar surface area (TPSA) is 113 Å². The largest absolute Gasteiger partial charge is 0.449 e. The predicted octanol–water partition coefficient (Wildman–Crippen LogP) is 2.13. The number of sulfone groups is 1. The number of rotatable bonds is 8. The van der Waals surface area contributed by atoms with Crippen LogP contribution >= 0.6 is 0 Å². The molecule has 0 heterocycles. The molecule has 9 heteroatoms. The van der Waals surface area contributed by atoms with E-state index in [2.05, 4.69) is 5.32 Å². The second-order valence-electron chi connectivity index (χ2n) is 6.28. The third-order valence-corrected chi connectivity index (χ3v) is 5.24. The van der Waals surface area contributed by atoms with Crippen LogP contribution in [0.15, 0.2) is 48.5 Å². The molecule has 29 heavy (non-hydrogen) atoms. The van der Waals surface area contributed by atoms with Gasteiger partial charge >= 0.3 is 5.97 Å². The summed E-state index contributed by atoms with van der Waals surface area (Å²) in [4.78, 5) is 24.2. The monoisotopic (exact) mass is 418 g/mol. The summed E-state index contributed by atoms with van der Waals surface area (Å²) in [5, 5.41) is 11.1. The first kappa shape index (κ1) is 22.0. The molecule has 152 valence electrons. The van der Waals surface area contributed by atoms with Crippen molar-refractivity contribution in [1.82, 2.24) is 5.32 Å². The van der Waals surface area contributed by atoms with Crippen LogP contribution < -0.4 is 5.32 Å². The molecule has 0 bridgehead atoms. The minimum Gasteiger partial charge on any atom is -0.449 e. The van der Waals surface area contributed by atoms with Gasteiger partial charge in [-0.1, -0.05) is 24.3 Å². The van der Waals surface area contributed by atoms with Gasteiger partial charge in [0.15, 0.2) is 15.9 Å². The third-order valence-electron chi connectivity index (χ3n) is 3.89. The summed E-state index contributed by atoms with van der Waals surface area (Å²) in [5.41, 5.74) is 1.28. The Bertz CT molecular complexity index is 1010. The molecule has 0 spiro atoms. The molecule has 0 saturated heterocycles. The van der Waals surface area contributed by atoms with Crippen LogP contribution in [-0.2, 0) is 31.7 Å². The Morgan fingerprint density at radius 1 is 1.10 bits per heavy atom. The number of hydrogen-bond donors (Lipinski definition) is 1. The minimum atomic E-state index is -3.53. The molecule has 0 unspecified atom stereocenters. The Hall–Kier alpha value is -3.25. The van der Waals surface area contributed by atoms with Crippen LogP contribution in [0.5, 0.6) is 0 Å². The van der Waals surface area contributed by atoms with Gasteiger partial charge in [-0.05, 0) is 42.3 Å². The molecule has 0 aliphatic rings. The van der Waals surface area contributed by atoms with E-state index in [1.165, 1.54) is 55.5 Å². The number of benzene rings is 2. The van der Waals surface area contributed by atoms with Gasteiger partial charge in [0.05, 0.1) is 17.4 Å². The Morgan fingerprint density at radius 3 is 2.28 bits per heavy atom. The van der Waals surface area contributed by atoms with Crippen LogP contribution in [0.2, 0.25) is 0 Å². The first-order chi connectivity index (χ1) is 13.7. The van der Waals surface area contributed by atoms with Gasteiger partial charge in [0.1, 0.15) is 11.6 Å². The number of nitriles is 1. The van der Waals surface area contributed by atoms with Crippen molar-refractivity contribution in [2.24, 2.45) is 0 Å². The highest BCUT2D eigenvalue weighted by atomic mass is 32.2. The maximum atomic E-state index is 12.9. The predicted molar refractivity (Wildman–Crippen MR) is 103 cm³/mol. The van der Waals surface area contributed by atoms with E-state index in [9.17, 15) is 22.4 Å². The normalized spacial score (nSPS) is 11.9. The van der Waals surface area contributed by atoms with Gasteiger partial charge in [-0.3, -0.25) is 4.79 Å². The van der Waals surface area contributed by atoms with Crippen LogP contribution in [0, 0.1) is 17.1 Å². The van der Waals surface area contributed by atoms with E-state index in [-0.39, 0.29) is 23.7 Å². The molecular weight excluding hydrogens is 399 g/mol. The van der Waals surface area contributed by atoms with E-state index in [4.69, 9.17) is 10.00 Å². The molecule has 1 N–H and O–H groups in total. The van der Waals surface area contributed by atoms with Gasteiger partial charge in [0.2, 0.25) is 0 Å². The smallest absolute Gasteiger partial charge is 0.338 e. The Labute approximate surface area is 168 Å². The molecule has 1 amide bonds. The molecular formula is C20H19FN2O5S. The summed E-state index contributed by atoms with van der Waals surface area (Å²) < 4.78 is 41.3. The first-order valence-corrected chi connectivity index (χ1v) is 10.4. The maximum Gasteiger partial charge on any atom is 0.338 e. The summed E-state index contributed by atoms with van der Waals surface area (Å²) in [7, 11) is -3.53. The number of hydrogen-bond acceptors (Lipinski definition) is 6. The number of carbonyl (C=O) groups excluding carboxylic acids is 2. The molecule has 1 atom stereocenters. The SMILES string of the molecule is C[C@@H](OC(=O)c1ccc(CS(=O)(=O)CC#N)cc1)C(=O)NCc1ccc(F)cc1. The number of ether oxygens (including phenoxy) is 1. The van der Waals surface area contributed by atoms with Crippen molar-refractivity contribution in [3.05, 3.63) is 71.0 Å². The molecule has 0 aliphatic heterocycles. The van der Waals surface area contributed by atoms with Crippen molar-refractivity contribution < 1.29 is 27.1 Å². The number of esters is 1. The van der Waals surface area contributed by atoms with Crippen LogP contribution in [0.3, 0.4) is 0 Å². The lowest BCUT2D eigenvalue weighted by molar-refractivity contribution is -0.129. The van der Waals surface area contributed by atoms with E-state index in [1.807, 2.05) is 0 Å². The fourth-order valence-corrected chi connectivity index (χ4v) is 3.36. The van der Waals surface area contributed by atoms with Crippen molar-refractivity contribution in [3.8, 4) is 6.07 Å². The Balaban J connectivity index is 1.89. The summed E-state index contributed by atoms with van der Waals surface area (Å²) in [5.74, 6) is -2.52. The number of nitrogens with one attached hydrogen (secondary N) is 1. The lowest BCUT2D eigenvalue weighted by Gasteiger charge is -2.14. The lowest BCUT2D eigenvalue weighted by atomic mass is 10.1. The average molecular weight is 418 g/mol. The zero-order chi connectivity index (χ0) is 21.4. The first-order valence-electron chi connectivity index (χ1n) is 8.59. The number of nitrogens with zero attached hydrogens (tertiary/aromatic N) is 1. The minimum absolute atomic E-state index is 0.157. The molecule has 2 rings (SSSR count). The molecule has 0 aliphatic carbocycles. The number of amides is 1. The Morgan fingerprint density at radius 2 is 1.69 bits per heavy atom. The second-order valence-corrected chi connectivity index (χ2v) is 8.34. The summed E-state index contributed by atoms with van der Waals surface area (Å²) in [6.07, 6.45) is -1.06. The van der Waals surface area contributed by atoms with E-state index in [1.54, 1.807) is 6.07 Å². The number of carbonyl (C=O) groups is 2. The van der Waals surface area contributed by atoms with E-state index in [0.29, 0.717) is 11.1 Å². The Kier molecular flexibility index (Phi) is 7.45. The highest BCUT2D eigenvalue weighted by Crippen LogP contribution is 2.11. The molecule has 0 aromatic heterocycles. The lowest BCUT2D eigenvalue weighted by Crippen LogP contribution is -2.35. The van der Waals surface area contributed by atoms with Gasteiger partial charge in [-0.15, -0.1) is 0 Å².